The summed E-state index contributed by atoms with van der Waals surface area (Å²) < 4.78 is 0. The molecule has 0 nitrogen and oxygen atoms in total. The third-order valence-corrected chi connectivity index (χ3v) is 6.35. The molecule has 1 aliphatic rings. The molecule has 5 aromatic rings. The Bertz CT molecular complexity index is 1450. The minimum atomic E-state index is 0.397. The summed E-state index contributed by atoms with van der Waals surface area (Å²) >= 11 is 0. The van der Waals surface area contributed by atoms with E-state index in [2.05, 4.69) is 115 Å². The van der Waals surface area contributed by atoms with E-state index in [0.29, 0.717) is 5.92 Å². The van der Waals surface area contributed by atoms with Gasteiger partial charge < -0.3 is 0 Å². The molecule has 30 heavy (non-hydrogen) atoms. The van der Waals surface area contributed by atoms with Crippen LogP contribution in [0.25, 0.3) is 43.4 Å². The van der Waals surface area contributed by atoms with Crippen molar-refractivity contribution in [2.45, 2.75) is 12.3 Å². The first-order chi connectivity index (χ1) is 14.9. The second-order valence-corrected chi connectivity index (χ2v) is 8.10. The molecule has 0 radical (unpaired) electrons. The highest BCUT2D eigenvalue weighted by molar-refractivity contribution is 6.18. The lowest BCUT2D eigenvalue weighted by molar-refractivity contribution is 0.870. The number of allylic oxidation sites excluding steroid dienone is 4. The van der Waals surface area contributed by atoms with E-state index in [1.165, 1.54) is 49.0 Å². The molecule has 1 atom stereocenters. The van der Waals surface area contributed by atoms with Crippen molar-refractivity contribution in [2.24, 2.45) is 0 Å². The average molecular weight is 383 g/mol. The third kappa shape index (κ3) is 2.69. The van der Waals surface area contributed by atoms with Gasteiger partial charge in [0.05, 0.1) is 0 Å². The van der Waals surface area contributed by atoms with Gasteiger partial charge >= 0.3 is 0 Å². The standard InChI is InChI=1S/C30H22/c1-3-11-21(12-4-1)29-25-17-9-10-18-26(25)30(22-13-5-2-6-14-22)28-20-24-16-8-7-15-23(24)19-27(28)29/h1-13,15-20,22H,14H2. The summed E-state index contributed by atoms with van der Waals surface area (Å²) in [5, 5.41) is 8.01. The predicted octanol–water partition coefficient (Wildman–Crippen LogP) is 8.41. The lowest BCUT2D eigenvalue weighted by Gasteiger charge is -2.23. The first-order valence-corrected chi connectivity index (χ1v) is 10.7. The fourth-order valence-corrected chi connectivity index (χ4v) is 5.01. The maximum atomic E-state index is 2.41. The van der Waals surface area contributed by atoms with Gasteiger partial charge in [-0.15, -0.1) is 0 Å². The molecule has 0 amide bonds. The van der Waals surface area contributed by atoms with Crippen LogP contribution in [0.15, 0.2) is 115 Å². The molecule has 0 saturated heterocycles. The SMILES string of the molecule is C1=CCC(c2c3ccccc3c(-c3ccccc3)c3cc4ccccc4cc23)C=C1. The van der Waals surface area contributed by atoms with Crippen molar-refractivity contribution in [2.75, 3.05) is 0 Å². The second kappa shape index (κ2) is 7.00. The van der Waals surface area contributed by atoms with Crippen LogP contribution in [0.3, 0.4) is 0 Å². The first kappa shape index (κ1) is 17.2. The summed E-state index contributed by atoms with van der Waals surface area (Å²) in [5.74, 6) is 0.397. The summed E-state index contributed by atoms with van der Waals surface area (Å²) in [6.07, 6.45) is 10.1. The lowest BCUT2D eigenvalue weighted by Crippen LogP contribution is -2.01. The van der Waals surface area contributed by atoms with E-state index in [0.717, 1.165) is 6.42 Å². The van der Waals surface area contributed by atoms with Crippen LogP contribution in [-0.4, -0.2) is 0 Å². The molecule has 0 aromatic heterocycles. The Balaban J connectivity index is 1.84. The fourth-order valence-electron chi connectivity index (χ4n) is 5.01. The topological polar surface area (TPSA) is 0 Å². The Kier molecular flexibility index (Phi) is 4.02. The van der Waals surface area contributed by atoms with Gasteiger partial charge in [0.1, 0.15) is 0 Å². The Morgan fingerprint density at radius 2 is 1.23 bits per heavy atom. The zero-order chi connectivity index (χ0) is 19.9. The van der Waals surface area contributed by atoms with Crippen LogP contribution in [0.4, 0.5) is 0 Å². The van der Waals surface area contributed by atoms with Crippen molar-refractivity contribution in [1.29, 1.82) is 0 Å². The predicted molar refractivity (Wildman–Crippen MR) is 130 cm³/mol. The van der Waals surface area contributed by atoms with Gasteiger partial charge in [0.2, 0.25) is 0 Å². The van der Waals surface area contributed by atoms with Gasteiger partial charge in [0.25, 0.3) is 0 Å². The van der Waals surface area contributed by atoms with Crippen molar-refractivity contribution in [3.63, 3.8) is 0 Å². The molecule has 0 aliphatic heterocycles. The highest BCUT2D eigenvalue weighted by Gasteiger charge is 2.20. The van der Waals surface area contributed by atoms with Crippen molar-refractivity contribution >= 4 is 32.3 Å². The maximum Gasteiger partial charge on any atom is 0.00680 e. The largest absolute Gasteiger partial charge is 0.0836 e. The third-order valence-electron chi connectivity index (χ3n) is 6.35. The Morgan fingerprint density at radius 1 is 0.567 bits per heavy atom. The molecule has 0 spiro atoms. The van der Waals surface area contributed by atoms with Crippen molar-refractivity contribution in [3.05, 3.63) is 121 Å². The minimum Gasteiger partial charge on any atom is -0.0836 e. The smallest absolute Gasteiger partial charge is 0.00680 e. The number of hydrogen-bond acceptors (Lipinski definition) is 0. The van der Waals surface area contributed by atoms with Gasteiger partial charge in [-0.1, -0.05) is 103 Å². The van der Waals surface area contributed by atoms with Crippen molar-refractivity contribution < 1.29 is 0 Å². The van der Waals surface area contributed by atoms with E-state index < -0.39 is 0 Å². The zero-order valence-corrected chi connectivity index (χ0v) is 16.8. The fraction of sp³-hybridized carbons (Fsp3) is 0.0667. The van der Waals surface area contributed by atoms with Gasteiger partial charge in [-0.2, -0.15) is 0 Å². The molecule has 0 bridgehead atoms. The van der Waals surface area contributed by atoms with Gasteiger partial charge in [0, 0.05) is 5.92 Å². The van der Waals surface area contributed by atoms with E-state index >= 15 is 0 Å². The molecule has 0 heteroatoms. The van der Waals surface area contributed by atoms with Crippen LogP contribution in [0, 0.1) is 0 Å². The van der Waals surface area contributed by atoms with Crippen LogP contribution in [0.5, 0.6) is 0 Å². The Morgan fingerprint density at radius 3 is 1.97 bits per heavy atom. The summed E-state index contributed by atoms with van der Waals surface area (Å²) in [7, 11) is 0. The molecule has 0 fully saturated rings. The molecule has 1 unspecified atom stereocenters. The van der Waals surface area contributed by atoms with Crippen LogP contribution in [-0.2, 0) is 0 Å². The second-order valence-electron chi connectivity index (χ2n) is 8.10. The van der Waals surface area contributed by atoms with Gasteiger partial charge in [-0.05, 0) is 67.6 Å². The zero-order valence-electron chi connectivity index (χ0n) is 16.8. The first-order valence-electron chi connectivity index (χ1n) is 10.7. The van der Waals surface area contributed by atoms with Crippen LogP contribution in [0.1, 0.15) is 17.9 Å². The van der Waals surface area contributed by atoms with Crippen molar-refractivity contribution in [3.8, 4) is 11.1 Å². The number of benzene rings is 5. The summed E-state index contributed by atoms with van der Waals surface area (Å²) in [5.41, 5.74) is 4.07. The summed E-state index contributed by atoms with van der Waals surface area (Å²) in [6, 6.07) is 33.3. The van der Waals surface area contributed by atoms with E-state index in [4.69, 9.17) is 0 Å². The molecule has 5 aromatic carbocycles. The van der Waals surface area contributed by atoms with Crippen LogP contribution < -0.4 is 0 Å². The normalized spacial score (nSPS) is 15.9. The van der Waals surface area contributed by atoms with Gasteiger partial charge in [0.15, 0.2) is 0 Å². The molecule has 1 aliphatic carbocycles. The molecule has 0 saturated carbocycles. The lowest BCUT2D eigenvalue weighted by atomic mass is 9.81. The highest BCUT2D eigenvalue weighted by atomic mass is 14.2. The number of hydrogen-bond donors (Lipinski definition) is 0. The molecule has 0 heterocycles. The molecule has 0 N–H and O–H groups in total. The van der Waals surface area contributed by atoms with E-state index in [1.54, 1.807) is 0 Å². The van der Waals surface area contributed by atoms with Gasteiger partial charge in [-0.3, -0.25) is 0 Å². The average Bonchev–Trinajstić information content (AvgIpc) is 2.82. The number of fused-ring (bicyclic) bond motifs is 3. The summed E-state index contributed by atoms with van der Waals surface area (Å²) in [4.78, 5) is 0. The van der Waals surface area contributed by atoms with E-state index in [9.17, 15) is 0 Å². The monoisotopic (exact) mass is 382 g/mol. The van der Waals surface area contributed by atoms with Crippen LogP contribution in [0.2, 0.25) is 0 Å². The molecular formula is C30H22. The summed E-state index contributed by atoms with van der Waals surface area (Å²) in [6.45, 7) is 0. The molecule has 6 rings (SSSR count). The Labute approximate surface area is 176 Å². The maximum absolute atomic E-state index is 2.41. The van der Waals surface area contributed by atoms with Crippen LogP contribution >= 0.6 is 0 Å². The quantitative estimate of drug-likeness (QED) is 0.269. The molecular weight excluding hydrogens is 360 g/mol. The molecule has 142 valence electrons. The highest BCUT2D eigenvalue weighted by Crippen LogP contribution is 2.44. The van der Waals surface area contributed by atoms with Gasteiger partial charge in [-0.25, -0.2) is 0 Å². The minimum absolute atomic E-state index is 0.397. The van der Waals surface area contributed by atoms with Crippen molar-refractivity contribution in [1.82, 2.24) is 0 Å². The Hall–Kier alpha value is -3.64. The van der Waals surface area contributed by atoms with E-state index in [-0.39, 0.29) is 0 Å². The number of rotatable bonds is 2. The van der Waals surface area contributed by atoms with E-state index in [1.807, 2.05) is 0 Å².